The number of rotatable bonds is 7. The van der Waals surface area contributed by atoms with Gasteiger partial charge in [-0.3, -0.25) is 4.79 Å². The van der Waals surface area contributed by atoms with Crippen LogP contribution >= 0.6 is 15.9 Å². The van der Waals surface area contributed by atoms with Crippen molar-refractivity contribution in [3.05, 3.63) is 82.5 Å². The highest BCUT2D eigenvalue weighted by molar-refractivity contribution is 9.10. The summed E-state index contributed by atoms with van der Waals surface area (Å²) in [6, 6.07) is 18.6. The third-order valence-electron chi connectivity index (χ3n) is 4.82. The van der Waals surface area contributed by atoms with Crippen molar-refractivity contribution in [2.24, 2.45) is 0 Å². The third-order valence-corrected chi connectivity index (χ3v) is 5.34. The van der Waals surface area contributed by atoms with Crippen LogP contribution in [-0.2, 0) is 13.2 Å². The average molecular weight is 468 g/mol. The lowest BCUT2D eigenvalue weighted by Gasteiger charge is -2.14. The Balaban J connectivity index is 1.42. The van der Waals surface area contributed by atoms with Crippen LogP contribution in [0.5, 0.6) is 5.75 Å². The maximum absolute atomic E-state index is 12.7. The van der Waals surface area contributed by atoms with E-state index in [9.17, 15) is 4.79 Å². The molecule has 0 saturated carbocycles. The monoisotopic (exact) mass is 467 g/mol. The lowest BCUT2D eigenvalue weighted by molar-refractivity contribution is 0.0905. The molecule has 0 aliphatic heterocycles. The fourth-order valence-electron chi connectivity index (χ4n) is 3.35. The van der Waals surface area contributed by atoms with Gasteiger partial charge in [0.15, 0.2) is 5.76 Å². The molecule has 4 aromatic rings. The molecular weight excluding hydrogens is 446 g/mol. The second-order valence-corrected chi connectivity index (χ2v) is 7.82. The van der Waals surface area contributed by atoms with Crippen LogP contribution in [0.4, 0.5) is 0 Å². The number of carbonyl (C=O) groups excluding carboxylic acids is 1. The number of amides is 1. The molecule has 0 aliphatic carbocycles. The first-order chi connectivity index (χ1) is 14.5. The topological polar surface area (TPSA) is 69.3 Å². The van der Waals surface area contributed by atoms with E-state index >= 15 is 0 Å². The number of carbonyl (C=O) groups is 1. The lowest BCUT2D eigenvalue weighted by Crippen LogP contribution is -2.28. The van der Waals surface area contributed by atoms with Crippen molar-refractivity contribution in [2.45, 2.75) is 33.0 Å². The van der Waals surface area contributed by atoms with Crippen LogP contribution in [0.15, 0.2) is 69.6 Å². The molecule has 6 nitrogen and oxygen atoms in total. The standard InChI is InChI=1S/C23H22BrN3O3/c1-3-27-20-7-5-4-6-19(20)26-22(27)15(2)25-23(28)21-13-12-18(30-21)14-29-17-10-8-16(24)9-11-17/h4-13,15H,3,14H2,1-2H3,(H,25,28). The van der Waals surface area contributed by atoms with E-state index in [0.717, 1.165) is 33.6 Å². The molecule has 2 heterocycles. The van der Waals surface area contributed by atoms with E-state index in [1.165, 1.54) is 0 Å². The number of aromatic nitrogens is 2. The first kappa shape index (κ1) is 20.2. The number of nitrogens with zero attached hydrogens (tertiary/aromatic N) is 2. The number of fused-ring (bicyclic) bond motifs is 1. The van der Waals surface area contributed by atoms with Gasteiger partial charge in [0.05, 0.1) is 17.1 Å². The molecule has 0 radical (unpaired) electrons. The largest absolute Gasteiger partial charge is 0.486 e. The molecule has 0 aliphatic rings. The number of nitrogens with one attached hydrogen (secondary N) is 1. The summed E-state index contributed by atoms with van der Waals surface area (Å²) in [6.45, 7) is 5.01. The van der Waals surface area contributed by atoms with Crippen LogP contribution in [0.1, 0.15) is 42.0 Å². The van der Waals surface area contributed by atoms with E-state index in [1.807, 2.05) is 55.5 Å². The van der Waals surface area contributed by atoms with Crippen molar-refractivity contribution >= 4 is 32.9 Å². The number of hydrogen-bond acceptors (Lipinski definition) is 4. The van der Waals surface area contributed by atoms with E-state index in [4.69, 9.17) is 14.1 Å². The molecule has 2 aromatic heterocycles. The molecule has 4 rings (SSSR count). The van der Waals surface area contributed by atoms with Crippen LogP contribution < -0.4 is 10.1 Å². The Labute approximate surface area is 183 Å². The van der Waals surface area contributed by atoms with Crippen LogP contribution in [0.25, 0.3) is 11.0 Å². The number of imidazole rings is 1. The van der Waals surface area contributed by atoms with Gasteiger partial charge in [0.1, 0.15) is 23.9 Å². The van der Waals surface area contributed by atoms with Crippen LogP contribution in [-0.4, -0.2) is 15.5 Å². The van der Waals surface area contributed by atoms with Crippen molar-refractivity contribution in [3.63, 3.8) is 0 Å². The lowest BCUT2D eigenvalue weighted by atomic mass is 10.3. The highest BCUT2D eigenvalue weighted by Gasteiger charge is 2.20. The van der Waals surface area contributed by atoms with Gasteiger partial charge in [-0.1, -0.05) is 28.1 Å². The smallest absolute Gasteiger partial charge is 0.287 e. The quantitative estimate of drug-likeness (QED) is 0.390. The van der Waals surface area contributed by atoms with E-state index in [1.54, 1.807) is 12.1 Å². The number of furan rings is 1. The molecule has 0 spiro atoms. The zero-order chi connectivity index (χ0) is 21.1. The van der Waals surface area contributed by atoms with Crippen LogP contribution in [0.3, 0.4) is 0 Å². The third kappa shape index (κ3) is 4.26. The number of hydrogen-bond donors (Lipinski definition) is 1. The van der Waals surface area contributed by atoms with Gasteiger partial charge in [0.25, 0.3) is 5.91 Å². The highest BCUT2D eigenvalue weighted by Crippen LogP contribution is 2.22. The fourth-order valence-corrected chi connectivity index (χ4v) is 3.62. The Kier molecular flexibility index (Phi) is 5.90. The van der Waals surface area contributed by atoms with Crippen molar-refractivity contribution in [2.75, 3.05) is 0 Å². The number of halogens is 1. The summed E-state index contributed by atoms with van der Waals surface area (Å²) in [5, 5.41) is 2.98. The van der Waals surface area contributed by atoms with Gasteiger partial charge in [-0.15, -0.1) is 0 Å². The molecule has 0 fully saturated rings. The number of ether oxygens (including phenoxy) is 1. The van der Waals surface area contributed by atoms with E-state index in [-0.39, 0.29) is 24.3 Å². The first-order valence-corrected chi connectivity index (χ1v) is 10.6. The first-order valence-electron chi connectivity index (χ1n) is 9.78. The minimum Gasteiger partial charge on any atom is -0.486 e. The Morgan fingerprint density at radius 2 is 1.93 bits per heavy atom. The maximum atomic E-state index is 12.7. The normalized spacial score (nSPS) is 12.1. The number of para-hydroxylation sites is 2. The molecule has 0 saturated heterocycles. The highest BCUT2D eigenvalue weighted by atomic mass is 79.9. The molecule has 1 amide bonds. The summed E-state index contributed by atoms with van der Waals surface area (Å²) in [4.78, 5) is 17.4. The van der Waals surface area contributed by atoms with Crippen molar-refractivity contribution in [1.82, 2.24) is 14.9 Å². The summed E-state index contributed by atoms with van der Waals surface area (Å²) in [6.07, 6.45) is 0. The molecule has 1 atom stereocenters. The number of benzene rings is 2. The Bertz CT molecular complexity index is 1160. The summed E-state index contributed by atoms with van der Waals surface area (Å²) >= 11 is 3.39. The summed E-state index contributed by atoms with van der Waals surface area (Å²) < 4.78 is 14.5. The SMILES string of the molecule is CCn1c(C(C)NC(=O)c2ccc(COc3ccc(Br)cc3)o2)nc2ccccc21. The van der Waals surface area contributed by atoms with Gasteiger partial charge >= 0.3 is 0 Å². The second-order valence-electron chi connectivity index (χ2n) is 6.91. The fraction of sp³-hybridized carbons (Fsp3) is 0.217. The Morgan fingerprint density at radius 3 is 2.70 bits per heavy atom. The van der Waals surface area contributed by atoms with E-state index in [2.05, 4.69) is 32.7 Å². The van der Waals surface area contributed by atoms with Gasteiger partial charge in [-0.05, 0) is 62.4 Å². The minimum atomic E-state index is -0.285. The predicted molar refractivity (Wildman–Crippen MR) is 118 cm³/mol. The summed E-state index contributed by atoms with van der Waals surface area (Å²) in [7, 11) is 0. The van der Waals surface area contributed by atoms with Crippen molar-refractivity contribution < 1.29 is 13.9 Å². The second kappa shape index (κ2) is 8.75. The molecule has 154 valence electrons. The molecule has 7 heteroatoms. The summed E-state index contributed by atoms with van der Waals surface area (Å²) in [5.74, 6) is 2.09. The van der Waals surface area contributed by atoms with Gasteiger partial charge in [0, 0.05) is 11.0 Å². The molecule has 1 N–H and O–H groups in total. The van der Waals surface area contributed by atoms with Crippen LogP contribution in [0.2, 0.25) is 0 Å². The minimum absolute atomic E-state index is 0.246. The van der Waals surface area contributed by atoms with Crippen molar-refractivity contribution in [1.29, 1.82) is 0 Å². The van der Waals surface area contributed by atoms with E-state index < -0.39 is 0 Å². The Hall–Kier alpha value is -3.06. The van der Waals surface area contributed by atoms with Crippen LogP contribution in [0, 0.1) is 0 Å². The maximum Gasteiger partial charge on any atom is 0.287 e. The zero-order valence-electron chi connectivity index (χ0n) is 16.8. The van der Waals surface area contributed by atoms with Gasteiger partial charge in [0.2, 0.25) is 0 Å². The summed E-state index contributed by atoms with van der Waals surface area (Å²) in [5.41, 5.74) is 1.97. The van der Waals surface area contributed by atoms with E-state index in [0.29, 0.717) is 5.76 Å². The van der Waals surface area contributed by atoms with Gasteiger partial charge < -0.3 is 19.0 Å². The predicted octanol–water partition coefficient (Wildman–Crippen LogP) is 5.48. The zero-order valence-corrected chi connectivity index (χ0v) is 18.3. The Morgan fingerprint density at radius 1 is 1.17 bits per heavy atom. The van der Waals surface area contributed by atoms with Gasteiger partial charge in [-0.25, -0.2) is 4.98 Å². The molecule has 0 bridgehead atoms. The van der Waals surface area contributed by atoms with Gasteiger partial charge in [-0.2, -0.15) is 0 Å². The molecule has 30 heavy (non-hydrogen) atoms. The number of aryl methyl sites for hydroxylation is 1. The average Bonchev–Trinajstić information content (AvgIpc) is 3.38. The molecule has 1 unspecified atom stereocenters. The molecule has 2 aromatic carbocycles. The molecular formula is C23H22BrN3O3. The van der Waals surface area contributed by atoms with Crippen molar-refractivity contribution in [3.8, 4) is 5.75 Å².